The molecule has 0 unspecified atom stereocenters. The molecule has 1 fully saturated rings. The topological polar surface area (TPSA) is 64.9 Å². The number of oxime groups is 1. The molecular formula is C12H14ClN3O2. The zero-order valence-electron chi connectivity index (χ0n) is 9.77. The van der Waals surface area contributed by atoms with E-state index in [1.807, 2.05) is 0 Å². The fraction of sp³-hybridized carbons (Fsp3) is 0.333. The van der Waals surface area contributed by atoms with Gasteiger partial charge in [-0.15, -0.1) is 0 Å². The van der Waals surface area contributed by atoms with Gasteiger partial charge in [0.25, 0.3) is 0 Å². The number of piperidine rings is 1. The summed E-state index contributed by atoms with van der Waals surface area (Å²) in [6, 6.07) is 6.82. The van der Waals surface area contributed by atoms with Gasteiger partial charge < -0.3 is 15.4 Å². The van der Waals surface area contributed by atoms with E-state index >= 15 is 0 Å². The summed E-state index contributed by atoms with van der Waals surface area (Å²) >= 11 is 5.77. The van der Waals surface area contributed by atoms with Gasteiger partial charge in [0.05, 0.1) is 5.71 Å². The van der Waals surface area contributed by atoms with E-state index in [-0.39, 0.29) is 6.03 Å². The zero-order chi connectivity index (χ0) is 13.0. The van der Waals surface area contributed by atoms with Gasteiger partial charge in [-0.1, -0.05) is 16.8 Å². The molecule has 2 amide bonds. The van der Waals surface area contributed by atoms with Crippen molar-refractivity contribution in [3.05, 3.63) is 29.3 Å². The van der Waals surface area contributed by atoms with E-state index in [1.54, 1.807) is 29.2 Å². The molecule has 0 atom stereocenters. The summed E-state index contributed by atoms with van der Waals surface area (Å²) in [5, 5.41) is 15.2. The number of amides is 2. The number of nitrogens with zero attached hydrogens (tertiary/aromatic N) is 2. The van der Waals surface area contributed by atoms with Gasteiger partial charge in [-0.25, -0.2) is 4.79 Å². The molecule has 1 aromatic rings. The van der Waals surface area contributed by atoms with Crippen molar-refractivity contribution in [3.63, 3.8) is 0 Å². The Bertz CT molecular complexity index is 449. The standard InChI is InChI=1S/C12H14ClN3O2/c13-9-1-3-10(4-2-9)14-12(17)16-7-5-11(15-18)6-8-16/h1-4,18H,5-8H2,(H,14,17). The minimum absolute atomic E-state index is 0.144. The maximum atomic E-state index is 11.9. The van der Waals surface area contributed by atoms with Gasteiger partial charge in [-0.2, -0.15) is 0 Å². The number of benzene rings is 1. The second-order valence-corrected chi connectivity index (χ2v) is 4.53. The highest BCUT2D eigenvalue weighted by Crippen LogP contribution is 2.15. The molecule has 18 heavy (non-hydrogen) atoms. The van der Waals surface area contributed by atoms with Crippen LogP contribution in [0, 0.1) is 0 Å². The van der Waals surface area contributed by atoms with E-state index in [4.69, 9.17) is 16.8 Å². The second-order valence-electron chi connectivity index (χ2n) is 4.09. The monoisotopic (exact) mass is 267 g/mol. The SMILES string of the molecule is O=C(Nc1ccc(Cl)cc1)N1CCC(=NO)CC1. The minimum atomic E-state index is -0.144. The molecule has 2 N–H and O–H groups in total. The average Bonchev–Trinajstić information content (AvgIpc) is 2.41. The molecule has 2 rings (SSSR count). The first-order chi connectivity index (χ1) is 8.69. The minimum Gasteiger partial charge on any atom is -0.411 e. The van der Waals surface area contributed by atoms with Crippen molar-refractivity contribution in [1.82, 2.24) is 4.90 Å². The lowest BCUT2D eigenvalue weighted by Gasteiger charge is -2.27. The Morgan fingerprint density at radius 1 is 1.28 bits per heavy atom. The number of hydrogen-bond donors (Lipinski definition) is 2. The molecule has 0 spiro atoms. The van der Waals surface area contributed by atoms with E-state index < -0.39 is 0 Å². The Kier molecular flexibility index (Phi) is 4.04. The molecule has 1 saturated heterocycles. The molecule has 0 aliphatic carbocycles. The molecular weight excluding hydrogens is 254 g/mol. The quantitative estimate of drug-likeness (QED) is 0.607. The Hall–Kier alpha value is -1.75. The Balaban J connectivity index is 1.91. The van der Waals surface area contributed by atoms with Crippen molar-refractivity contribution in [3.8, 4) is 0 Å². The number of carbonyl (C=O) groups excluding carboxylic acids is 1. The van der Waals surface area contributed by atoms with Gasteiger partial charge in [-0.05, 0) is 24.3 Å². The lowest BCUT2D eigenvalue weighted by Crippen LogP contribution is -2.41. The number of anilines is 1. The first kappa shape index (κ1) is 12.7. The van der Waals surface area contributed by atoms with Crippen LogP contribution in [0.3, 0.4) is 0 Å². The van der Waals surface area contributed by atoms with E-state index in [0.29, 0.717) is 36.6 Å². The lowest BCUT2D eigenvalue weighted by atomic mass is 10.1. The van der Waals surface area contributed by atoms with Crippen molar-refractivity contribution >= 4 is 29.0 Å². The molecule has 6 heteroatoms. The lowest BCUT2D eigenvalue weighted by molar-refractivity contribution is 0.210. The summed E-state index contributed by atoms with van der Waals surface area (Å²) in [6.07, 6.45) is 1.23. The van der Waals surface area contributed by atoms with Gasteiger partial charge in [0.1, 0.15) is 0 Å². The summed E-state index contributed by atoms with van der Waals surface area (Å²) < 4.78 is 0. The third-order valence-corrected chi connectivity index (χ3v) is 3.12. The first-order valence-corrected chi connectivity index (χ1v) is 6.08. The molecule has 1 aromatic carbocycles. The maximum Gasteiger partial charge on any atom is 0.321 e. The summed E-state index contributed by atoms with van der Waals surface area (Å²) in [5.74, 6) is 0. The molecule has 1 aliphatic heterocycles. The molecule has 0 aromatic heterocycles. The van der Waals surface area contributed by atoms with Gasteiger partial charge in [0, 0.05) is 36.6 Å². The highest BCUT2D eigenvalue weighted by atomic mass is 35.5. The third kappa shape index (κ3) is 3.13. The predicted octanol–water partition coefficient (Wildman–Crippen LogP) is 2.80. The van der Waals surface area contributed by atoms with Crippen LogP contribution in [0.5, 0.6) is 0 Å². The van der Waals surface area contributed by atoms with Crippen molar-refractivity contribution in [2.45, 2.75) is 12.8 Å². The Morgan fingerprint density at radius 3 is 2.44 bits per heavy atom. The molecule has 0 radical (unpaired) electrons. The van der Waals surface area contributed by atoms with Gasteiger partial charge in [-0.3, -0.25) is 0 Å². The van der Waals surface area contributed by atoms with Crippen LogP contribution < -0.4 is 5.32 Å². The van der Waals surface area contributed by atoms with Crippen molar-refractivity contribution in [2.75, 3.05) is 18.4 Å². The third-order valence-electron chi connectivity index (χ3n) is 2.86. The summed E-state index contributed by atoms with van der Waals surface area (Å²) in [5.41, 5.74) is 1.46. The smallest absolute Gasteiger partial charge is 0.321 e. The van der Waals surface area contributed by atoms with Crippen LogP contribution >= 0.6 is 11.6 Å². The molecule has 1 aliphatic rings. The summed E-state index contributed by atoms with van der Waals surface area (Å²) in [6.45, 7) is 1.14. The van der Waals surface area contributed by atoms with Crippen molar-refractivity contribution in [2.24, 2.45) is 5.16 Å². The fourth-order valence-corrected chi connectivity index (χ4v) is 1.93. The van der Waals surface area contributed by atoms with Crippen LogP contribution in [0.15, 0.2) is 29.4 Å². The number of carbonyl (C=O) groups is 1. The molecule has 1 heterocycles. The van der Waals surface area contributed by atoms with Crippen LogP contribution in [-0.2, 0) is 0 Å². The zero-order valence-corrected chi connectivity index (χ0v) is 10.5. The predicted molar refractivity (Wildman–Crippen MR) is 70.5 cm³/mol. The molecule has 5 nitrogen and oxygen atoms in total. The largest absolute Gasteiger partial charge is 0.411 e. The highest BCUT2D eigenvalue weighted by molar-refractivity contribution is 6.30. The number of urea groups is 1. The summed E-state index contributed by atoms with van der Waals surface area (Å²) in [4.78, 5) is 13.6. The van der Waals surface area contributed by atoms with Crippen LogP contribution in [0.2, 0.25) is 5.02 Å². The van der Waals surface area contributed by atoms with E-state index in [2.05, 4.69) is 10.5 Å². The highest BCUT2D eigenvalue weighted by Gasteiger charge is 2.19. The Labute approximate surface area is 110 Å². The van der Waals surface area contributed by atoms with Gasteiger partial charge in [0.15, 0.2) is 0 Å². The fourth-order valence-electron chi connectivity index (χ4n) is 1.80. The summed E-state index contributed by atoms with van der Waals surface area (Å²) in [7, 11) is 0. The maximum absolute atomic E-state index is 11.9. The molecule has 0 saturated carbocycles. The van der Waals surface area contributed by atoms with Crippen LogP contribution in [0.4, 0.5) is 10.5 Å². The van der Waals surface area contributed by atoms with Crippen molar-refractivity contribution < 1.29 is 10.0 Å². The number of halogens is 1. The van der Waals surface area contributed by atoms with Crippen molar-refractivity contribution in [1.29, 1.82) is 0 Å². The van der Waals surface area contributed by atoms with Gasteiger partial charge in [0.2, 0.25) is 0 Å². The average molecular weight is 268 g/mol. The Morgan fingerprint density at radius 2 is 1.89 bits per heavy atom. The van der Waals surface area contributed by atoms with Gasteiger partial charge >= 0.3 is 6.03 Å². The van der Waals surface area contributed by atoms with Crippen LogP contribution in [-0.4, -0.2) is 34.9 Å². The van der Waals surface area contributed by atoms with E-state index in [9.17, 15) is 4.79 Å². The normalized spacial score (nSPS) is 15.4. The number of hydrogen-bond acceptors (Lipinski definition) is 3. The van der Waals surface area contributed by atoms with Crippen LogP contribution in [0.25, 0.3) is 0 Å². The number of likely N-dealkylation sites (tertiary alicyclic amines) is 1. The first-order valence-electron chi connectivity index (χ1n) is 5.70. The van der Waals surface area contributed by atoms with E-state index in [0.717, 1.165) is 5.71 Å². The number of rotatable bonds is 1. The second kappa shape index (κ2) is 5.73. The molecule has 0 bridgehead atoms. The number of nitrogens with one attached hydrogen (secondary N) is 1. The van der Waals surface area contributed by atoms with Crippen LogP contribution in [0.1, 0.15) is 12.8 Å². The molecule has 96 valence electrons. The van der Waals surface area contributed by atoms with E-state index in [1.165, 1.54) is 0 Å².